The molecule has 1 aliphatic rings. The standard InChI is InChI=1S/C17H17F3N2O2S/c18-17(19,20)14-6-8-16(9-7-14)25(23,24)21-15-11-22(12-15)10-13-4-2-1-3-5-13/h1-9,15,21H,10-12H2. The maximum absolute atomic E-state index is 12.5. The fraction of sp³-hybridized carbons (Fsp3) is 0.294. The van der Waals surface area contributed by atoms with Gasteiger partial charge in [0.1, 0.15) is 0 Å². The molecule has 1 aliphatic heterocycles. The molecule has 134 valence electrons. The molecule has 1 fully saturated rings. The summed E-state index contributed by atoms with van der Waals surface area (Å²) in [5, 5.41) is 0. The Morgan fingerprint density at radius 1 is 1.00 bits per heavy atom. The first-order chi connectivity index (χ1) is 11.7. The highest BCUT2D eigenvalue weighted by Crippen LogP contribution is 2.29. The van der Waals surface area contributed by atoms with Gasteiger partial charge in [0.2, 0.25) is 10.0 Å². The number of rotatable bonds is 5. The highest BCUT2D eigenvalue weighted by atomic mass is 32.2. The molecule has 0 radical (unpaired) electrons. The number of hydrogen-bond donors (Lipinski definition) is 1. The molecular weight excluding hydrogens is 353 g/mol. The molecule has 1 saturated heterocycles. The average Bonchev–Trinajstić information content (AvgIpc) is 2.53. The van der Waals surface area contributed by atoms with Gasteiger partial charge in [-0.1, -0.05) is 30.3 Å². The summed E-state index contributed by atoms with van der Waals surface area (Å²) in [5.74, 6) is 0. The van der Waals surface area contributed by atoms with Gasteiger partial charge in [0.05, 0.1) is 10.5 Å². The molecule has 4 nitrogen and oxygen atoms in total. The van der Waals surface area contributed by atoms with Crippen LogP contribution in [0.25, 0.3) is 0 Å². The SMILES string of the molecule is O=S(=O)(NC1CN(Cc2ccccc2)C1)c1ccc(C(F)(F)F)cc1. The largest absolute Gasteiger partial charge is 0.416 e. The Bertz CT molecular complexity index is 815. The third-order valence-electron chi connectivity index (χ3n) is 4.02. The van der Waals surface area contributed by atoms with E-state index in [1.807, 2.05) is 30.3 Å². The number of hydrogen-bond acceptors (Lipinski definition) is 3. The van der Waals surface area contributed by atoms with Crippen LogP contribution in [0.1, 0.15) is 11.1 Å². The van der Waals surface area contributed by atoms with Crippen molar-refractivity contribution in [3.05, 3.63) is 65.7 Å². The second-order valence-corrected chi connectivity index (χ2v) is 7.73. The van der Waals surface area contributed by atoms with Gasteiger partial charge in [-0.2, -0.15) is 13.2 Å². The van der Waals surface area contributed by atoms with Crippen molar-refractivity contribution in [3.8, 4) is 0 Å². The van der Waals surface area contributed by atoms with Crippen LogP contribution < -0.4 is 4.72 Å². The molecule has 0 aromatic heterocycles. The van der Waals surface area contributed by atoms with Crippen LogP contribution in [0.2, 0.25) is 0 Å². The molecule has 0 unspecified atom stereocenters. The molecule has 0 bridgehead atoms. The van der Waals surface area contributed by atoms with E-state index in [2.05, 4.69) is 9.62 Å². The lowest BCUT2D eigenvalue weighted by molar-refractivity contribution is -0.137. The van der Waals surface area contributed by atoms with Gasteiger partial charge in [-0.05, 0) is 29.8 Å². The minimum absolute atomic E-state index is 0.165. The summed E-state index contributed by atoms with van der Waals surface area (Å²) in [7, 11) is -3.82. The third kappa shape index (κ3) is 4.39. The minimum atomic E-state index is -4.48. The van der Waals surface area contributed by atoms with E-state index in [1.165, 1.54) is 0 Å². The third-order valence-corrected chi connectivity index (χ3v) is 5.56. The van der Waals surface area contributed by atoms with E-state index >= 15 is 0 Å². The van der Waals surface area contributed by atoms with E-state index in [0.29, 0.717) is 13.1 Å². The number of benzene rings is 2. The Kier molecular flexibility index (Phi) is 4.86. The predicted octanol–water partition coefficient (Wildman–Crippen LogP) is 2.87. The normalized spacial score (nSPS) is 16.6. The summed E-state index contributed by atoms with van der Waals surface area (Å²) in [6.45, 7) is 1.86. The van der Waals surface area contributed by atoms with Crippen molar-refractivity contribution in [2.24, 2.45) is 0 Å². The Morgan fingerprint density at radius 3 is 2.16 bits per heavy atom. The molecule has 0 aliphatic carbocycles. The summed E-state index contributed by atoms with van der Waals surface area (Å²) in [6, 6.07) is 13.1. The molecule has 2 aromatic rings. The molecule has 3 rings (SSSR count). The van der Waals surface area contributed by atoms with Crippen LogP contribution >= 0.6 is 0 Å². The molecule has 1 N–H and O–H groups in total. The monoisotopic (exact) mass is 370 g/mol. The smallest absolute Gasteiger partial charge is 0.296 e. The first kappa shape index (κ1) is 17.9. The molecule has 0 amide bonds. The van der Waals surface area contributed by atoms with Crippen molar-refractivity contribution in [2.75, 3.05) is 13.1 Å². The number of nitrogens with zero attached hydrogens (tertiary/aromatic N) is 1. The van der Waals surface area contributed by atoms with Gasteiger partial charge in [0.15, 0.2) is 0 Å². The van der Waals surface area contributed by atoms with Gasteiger partial charge in [-0.15, -0.1) is 0 Å². The molecule has 1 heterocycles. The molecule has 8 heteroatoms. The van der Waals surface area contributed by atoms with E-state index in [4.69, 9.17) is 0 Å². The highest BCUT2D eigenvalue weighted by molar-refractivity contribution is 7.89. The highest BCUT2D eigenvalue weighted by Gasteiger charge is 2.33. The number of alkyl halides is 3. The second-order valence-electron chi connectivity index (χ2n) is 6.02. The Hall–Kier alpha value is -1.90. The number of halogens is 3. The minimum Gasteiger partial charge on any atom is -0.296 e. The van der Waals surface area contributed by atoms with Crippen LogP contribution in [-0.4, -0.2) is 32.4 Å². The zero-order valence-electron chi connectivity index (χ0n) is 13.2. The fourth-order valence-electron chi connectivity index (χ4n) is 2.73. The number of likely N-dealkylation sites (tertiary alicyclic amines) is 1. The van der Waals surface area contributed by atoms with Gasteiger partial charge >= 0.3 is 6.18 Å². The van der Waals surface area contributed by atoms with Crippen molar-refractivity contribution in [3.63, 3.8) is 0 Å². The zero-order valence-corrected chi connectivity index (χ0v) is 14.0. The Balaban J connectivity index is 1.56. The summed E-state index contributed by atoms with van der Waals surface area (Å²) in [6.07, 6.45) is -4.48. The van der Waals surface area contributed by atoms with Crippen LogP contribution in [-0.2, 0) is 22.7 Å². The molecular formula is C17H17F3N2O2S. The number of sulfonamides is 1. The van der Waals surface area contributed by atoms with E-state index in [-0.39, 0.29) is 10.9 Å². The predicted molar refractivity (Wildman–Crippen MR) is 87.3 cm³/mol. The first-order valence-electron chi connectivity index (χ1n) is 7.70. The molecule has 0 atom stereocenters. The maximum Gasteiger partial charge on any atom is 0.416 e. The summed E-state index contributed by atoms with van der Waals surface area (Å²) in [4.78, 5) is 1.93. The molecule has 0 spiro atoms. The average molecular weight is 370 g/mol. The van der Waals surface area contributed by atoms with Crippen LogP contribution in [0.5, 0.6) is 0 Å². The van der Waals surface area contributed by atoms with E-state index in [1.54, 1.807) is 0 Å². The zero-order chi connectivity index (χ0) is 18.1. The van der Waals surface area contributed by atoms with Crippen molar-refractivity contribution in [1.29, 1.82) is 0 Å². The van der Waals surface area contributed by atoms with Gasteiger partial charge in [-0.25, -0.2) is 13.1 Å². The van der Waals surface area contributed by atoms with Gasteiger partial charge < -0.3 is 0 Å². The lowest BCUT2D eigenvalue weighted by Crippen LogP contribution is -2.58. The Labute approximate surface area is 144 Å². The fourth-order valence-corrected chi connectivity index (χ4v) is 3.94. The molecule has 2 aromatic carbocycles. The van der Waals surface area contributed by atoms with Crippen molar-refractivity contribution >= 4 is 10.0 Å². The quantitative estimate of drug-likeness (QED) is 0.881. The molecule has 0 saturated carbocycles. The van der Waals surface area contributed by atoms with Crippen LogP contribution in [0, 0.1) is 0 Å². The van der Waals surface area contributed by atoms with Gasteiger partial charge in [0, 0.05) is 25.7 Å². The van der Waals surface area contributed by atoms with Crippen molar-refractivity contribution in [2.45, 2.75) is 23.7 Å². The first-order valence-corrected chi connectivity index (χ1v) is 9.18. The molecule has 25 heavy (non-hydrogen) atoms. The second kappa shape index (κ2) is 6.78. The number of nitrogens with one attached hydrogen (secondary N) is 1. The van der Waals surface area contributed by atoms with E-state index in [0.717, 1.165) is 36.4 Å². The van der Waals surface area contributed by atoms with Crippen LogP contribution in [0.15, 0.2) is 59.5 Å². The van der Waals surface area contributed by atoms with Crippen molar-refractivity contribution < 1.29 is 21.6 Å². The maximum atomic E-state index is 12.5. The van der Waals surface area contributed by atoms with E-state index in [9.17, 15) is 21.6 Å². The van der Waals surface area contributed by atoms with Crippen molar-refractivity contribution in [1.82, 2.24) is 9.62 Å². The topological polar surface area (TPSA) is 49.4 Å². The summed E-state index contributed by atoms with van der Waals surface area (Å²) in [5.41, 5.74) is 0.274. The lowest BCUT2D eigenvalue weighted by atomic mass is 10.1. The van der Waals surface area contributed by atoms with Crippen LogP contribution in [0.3, 0.4) is 0 Å². The van der Waals surface area contributed by atoms with Gasteiger partial charge in [0.25, 0.3) is 0 Å². The lowest BCUT2D eigenvalue weighted by Gasteiger charge is -2.39. The summed E-state index contributed by atoms with van der Waals surface area (Å²) < 4.78 is 64.7. The van der Waals surface area contributed by atoms with Gasteiger partial charge in [-0.3, -0.25) is 4.90 Å². The summed E-state index contributed by atoms with van der Waals surface area (Å²) >= 11 is 0. The van der Waals surface area contributed by atoms with E-state index < -0.39 is 21.8 Å². The Morgan fingerprint density at radius 2 is 1.60 bits per heavy atom. The van der Waals surface area contributed by atoms with Crippen LogP contribution in [0.4, 0.5) is 13.2 Å².